The van der Waals surface area contributed by atoms with Gasteiger partial charge in [-0.15, -0.1) is 0 Å². The van der Waals surface area contributed by atoms with Crippen LogP contribution in [0.25, 0.3) is 0 Å². The molecule has 2 aliphatic rings. The lowest BCUT2D eigenvalue weighted by atomic mass is 10.3. The molecular formula is C18H25N7O. The van der Waals surface area contributed by atoms with Crippen molar-refractivity contribution in [1.82, 2.24) is 19.9 Å². The average molecular weight is 355 g/mol. The molecule has 0 amide bonds. The molecule has 0 unspecified atom stereocenters. The molecule has 2 fully saturated rings. The molecule has 0 N–H and O–H groups in total. The second-order valence-electron chi connectivity index (χ2n) is 6.70. The van der Waals surface area contributed by atoms with Gasteiger partial charge >= 0.3 is 0 Å². The number of nitrogens with zero attached hydrogens (tertiary/aromatic N) is 7. The molecule has 0 atom stereocenters. The highest BCUT2D eigenvalue weighted by atomic mass is 16.5. The second kappa shape index (κ2) is 7.41. The molecule has 8 heteroatoms. The Bertz CT molecular complexity index is 735. The van der Waals surface area contributed by atoms with Crippen LogP contribution < -0.4 is 14.7 Å². The number of morpholine rings is 1. The van der Waals surface area contributed by atoms with Crippen molar-refractivity contribution in [2.24, 2.45) is 0 Å². The highest BCUT2D eigenvalue weighted by molar-refractivity contribution is 5.47. The second-order valence-corrected chi connectivity index (χ2v) is 6.70. The summed E-state index contributed by atoms with van der Waals surface area (Å²) in [7, 11) is 0. The zero-order valence-corrected chi connectivity index (χ0v) is 15.4. The van der Waals surface area contributed by atoms with E-state index in [1.807, 2.05) is 26.1 Å². The third-order valence-corrected chi connectivity index (χ3v) is 4.80. The number of aromatic nitrogens is 4. The van der Waals surface area contributed by atoms with Gasteiger partial charge in [0.05, 0.1) is 13.2 Å². The van der Waals surface area contributed by atoms with Gasteiger partial charge in [-0.1, -0.05) is 0 Å². The predicted molar refractivity (Wildman–Crippen MR) is 101 cm³/mol. The van der Waals surface area contributed by atoms with E-state index in [-0.39, 0.29) is 0 Å². The van der Waals surface area contributed by atoms with Crippen LogP contribution in [0.2, 0.25) is 0 Å². The Kier molecular flexibility index (Phi) is 4.83. The molecule has 2 aromatic heterocycles. The maximum absolute atomic E-state index is 5.41. The van der Waals surface area contributed by atoms with E-state index in [4.69, 9.17) is 9.72 Å². The van der Waals surface area contributed by atoms with Gasteiger partial charge in [0.25, 0.3) is 0 Å². The van der Waals surface area contributed by atoms with Crippen LogP contribution in [0.4, 0.5) is 17.6 Å². The molecule has 0 aromatic carbocycles. The van der Waals surface area contributed by atoms with Crippen molar-refractivity contribution in [1.29, 1.82) is 0 Å². The molecule has 138 valence electrons. The van der Waals surface area contributed by atoms with Gasteiger partial charge in [-0.2, -0.15) is 4.98 Å². The number of hydrogen-bond donors (Lipinski definition) is 0. The molecule has 0 saturated carbocycles. The Labute approximate surface area is 153 Å². The molecule has 0 radical (unpaired) electrons. The molecule has 4 heterocycles. The third-order valence-electron chi connectivity index (χ3n) is 4.80. The third kappa shape index (κ3) is 3.70. The minimum atomic E-state index is 0.740. The zero-order chi connectivity index (χ0) is 17.9. The van der Waals surface area contributed by atoms with Crippen molar-refractivity contribution in [3.05, 3.63) is 29.8 Å². The maximum Gasteiger partial charge on any atom is 0.227 e. The van der Waals surface area contributed by atoms with E-state index in [1.54, 1.807) is 0 Å². The summed E-state index contributed by atoms with van der Waals surface area (Å²) in [6.07, 6.45) is 1.86. The highest BCUT2D eigenvalue weighted by Gasteiger charge is 2.21. The lowest BCUT2D eigenvalue weighted by Crippen LogP contribution is -2.47. The first kappa shape index (κ1) is 17.0. The summed E-state index contributed by atoms with van der Waals surface area (Å²) in [5.41, 5.74) is 1.01. The van der Waals surface area contributed by atoms with Crippen molar-refractivity contribution in [2.45, 2.75) is 13.8 Å². The van der Waals surface area contributed by atoms with Crippen LogP contribution in [0.5, 0.6) is 0 Å². The van der Waals surface area contributed by atoms with Crippen LogP contribution in [0.3, 0.4) is 0 Å². The molecule has 8 nitrogen and oxygen atoms in total. The monoisotopic (exact) mass is 355 g/mol. The van der Waals surface area contributed by atoms with Gasteiger partial charge in [0.2, 0.25) is 5.95 Å². The molecule has 0 aliphatic carbocycles. The summed E-state index contributed by atoms with van der Waals surface area (Å²) < 4.78 is 5.41. The predicted octanol–water partition coefficient (Wildman–Crippen LogP) is 1.05. The number of aryl methyl sites for hydroxylation is 2. The molecule has 2 aliphatic heterocycles. The Balaban J connectivity index is 1.43. The van der Waals surface area contributed by atoms with Gasteiger partial charge in [0, 0.05) is 57.2 Å². The Morgan fingerprint density at radius 1 is 0.808 bits per heavy atom. The fourth-order valence-corrected chi connectivity index (χ4v) is 3.46. The van der Waals surface area contributed by atoms with Crippen molar-refractivity contribution < 1.29 is 4.74 Å². The quantitative estimate of drug-likeness (QED) is 0.809. The summed E-state index contributed by atoms with van der Waals surface area (Å²) in [5, 5.41) is 0. The van der Waals surface area contributed by atoms with E-state index in [0.29, 0.717) is 0 Å². The smallest absolute Gasteiger partial charge is 0.227 e. The number of anilines is 3. The van der Waals surface area contributed by atoms with Crippen molar-refractivity contribution >= 4 is 17.6 Å². The van der Waals surface area contributed by atoms with Gasteiger partial charge in [-0.05, 0) is 19.9 Å². The molecular weight excluding hydrogens is 330 g/mol. The maximum atomic E-state index is 5.41. The number of piperazine rings is 1. The standard InChI is InChI=1S/C18H25N7O/c1-14-13-17(21-15(2)20-14)24-7-5-23(6-8-24)16-3-4-19-18(22-16)25-9-11-26-12-10-25/h3-4,13H,5-12H2,1-2H3. The number of ether oxygens (including phenoxy) is 1. The zero-order valence-electron chi connectivity index (χ0n) is 15.4. The fourth-order valence-electron chi connectivity index (χ4n) is 3.46. The summed E-state index contributed by atoms with van der Waals surface area (Å²) in [5.74, 6) is 3.64. The molecule has 0 bridgehead atoms. The van der Waals surface area contributed by atoms with E-state index in [2.05, 4.69) is 35.7 Å². The van der Waals surface area contributed by atoms with Gasteiger partial charge in [-0.3, -0.25) is 0 Å². The van der Waals surface area contributed by atoms with E-state index in [9.17, 15) is 0 Å². The first-order valence-electron chi connectivity index (χ1n) is 9.17. The molecule has 0 spiro atoms. The van der Waals surface area contributed by atoms with E-state index in [0.717, 1.165) is 81.6 Å². The molecule has 26 heavy (non-hydrogen) atoms. The Morgan fingerprint density at radius 2 is 1.50 bits per heavy atom. The SMILES string of the molecule is Cc1cc(N2CCN(c3ccnc(N4CCOCC4)n3)CC2)nc(C)n1. The van der Waals surface area contributed by atoms with Crippen LogP contribution in [-0.4, -0.2) is 72.4 Å². The number of rotatable bonds is 3. The van der Waals surface area contributed by atoms with Gasteiger partial charge < -0.3 is 19.4 Å². The van der Waals surface area contributed by atoms with Gasteiger partial charge in [0.1, 0.15) is 17.5 Å². The normalized spacial score (nSPS) is 18.3. The average Bonchev–Trinajstić information content (AvgIpc) is 2.68. The summed E-state index contributed by atoms with van der Waals surface area (Å²) in [6.45, 7) is 10.8. The van der Waals surface area contributed by atoms with Crippen LogP contribution >= 0.6 is 0 Å². The Hall–Kier alpha value is -2.48. The van der Waals surface area contributed by atoms with Gasteiger partial charge in [-0.25, -0.2) is 15.0 Å². The topological polar surface area (TPSA) is 70.5 Å². The first-order valence-corrected chi connectivity index (χ1v) is 9.17. The highest BCUT2D eigenvalue weighted by Crippen LogP contribution is 2.20. The fraction of sp³-hybridized carbons (Fsp3) is 0.556. The summed E-state index contributed by atoms with van der Waals surface area (Å²) in [6, 6.07) is 4.06. The van der Waals surface area contributed by atoms with E-state index >= 15 is 0 Å². The van der Waals surface area contributed by atoms with Crippen LogP contribution in [0.1, 0.15) is 11.5 Å². The molecule has 4 rings (SSSR count). The van der Waals surface area contributed by atoms with E-state index < -0.39 is 0 Å². The largest absolute Gasteiger partial charge is 0.378 e. The van der Waals surface area contributed by atoms with Crippen LogP contribution in [0, 0.1) is 13.8 Å². The summed E-state index contributed by atoms with van der Waals surface area (Å²) >= 11 is 0. The van der Waals surface area contributed by atoms with Crippen LogP contribution in [-0.2, 0) is 4.74 Å². The Morgan fingerprint density at radius 3 is 2.19 bits per heavy atom. The summed E-state index contributed by atoms with van der Waals surface area (Å²) in [4.78, 5) is 25.0. The van der Waals surface area contributed by atoms with Crippen molar-refractivity contribution in [3.8, 4) is 0 Å². The lowest BCUT2D eigenvalue weighted by molar-refractivity contribution is 0.122. The minimum Gasteiger partial charge on any atom is -0.378 e. The van der Waals surface area contributed by atoms with Gasteiger partial charge in [0.15, 0.2) is 0 Å². The molecule has 2 saturated heterocycles. The number of hydrogen-bond acceptors (Lipinski definition) is 8. The first-order chi connectivity index (χ1) is 12.7. The van der Waals surface area contributed by atoms with Crippen molar-refractivity contribution in [3.63, 3.8) is 0 Å². The lowest BCUT2D eigenvalue weighted by Gasteiger charge is -2.36. The molecule has 2 aromatic rings. The minimum absolute atomic E-state index is 0.740. The van der Waals surface area contributed by atoms with Crippen molar-refractivity contribution in [2.75, 3.05) is 67.2 Å². The van der Waals surface area contributed by atoms with Crippen LogP contribution in [0.15, 0.2) is 18.3 Å². The van der Waals surface area contributed by atoms with E-state index in [1.165, 1.54) is 0 Å².